The molecule has 2 aromatic heterocycles. The average Bonchev–Trinajstić information content (AvgIpc) is 3.17. The number of fused-ring (bicyclic) bond motifs is 2. The summed E-state index contributed by atoms with van der Waals surface area (Å²) in [6.45, 7) is 4.03. The van der Waals surface area contributed by atoms with Crippen LogP contribution in [0.2, 0.25) is 0 Å². The lowest BCUT2D eigenvalue weighted by atomic mass is 10.1. The van der Waals surface area contributed by atoms with Crippen LogP contribution < -0.4 is 10.9 Å². The SMILES string of the molecule is CCCCc1nc2ccc(Br)cc2c(=O)n1N=Cc1c(C)n(CC(=O)Nc2cccc(F)c2)c2ccccc12. The fourth-order valence-electron chi connectivity index (χ4n) is 4.66. The van der Waals surface area contributed by atoms with Crippen LogP contribution in [-0.2, 0) is 17.8 Å². The van der Waals surface area contributed by atoms with Gasteiger partial charge in [0.25, 0.3) is 5.56 Å². The highest BCUT2D eigenvalue weighted by Crippen LogP contribution is 2.25. The monoisotopic (exact) mass is 587 g/mol. The van der Waals surface area contributed by atoms with Gasteiger partial charge in [0.05, 0.1) is 17.1 Å². The molecule has 5 rings (SSSR count). The number of para-hydroxylation sites is 1. The van der Waals surface area contributed by atoms with E-state index in [1.165, 1.54) is 16.8 Å². The fraction of sp³-hybridized carbons (Fsp3) is 0.200. The molecule has 1 amide bonds. The van der Waals surface area contributed by atoms with Crippen LogP contribution >= 0.6 is 15.9 Å². The van der Waals surface area contributed by atoms with Crippen molar-refractivity contribution in [3.05, 3.63) is 104 Å². The number of aromatic nitrogens is 3. The molecular weight excluding hydrogens is 561 g/mol. The van der Waals surface area contributed by atoms with Crippen molar-refractivity contribution >= 4 is 55.5 Å². The van der Waals surface area contributed by atoms with Crippen molar-refractivity contribution in [3.63, 3.8) is 0 Å². The highest BCUT2D eigenvalue weighted by Gasteiger charge is 2.16. The lowest BCUT2D eigenvalue weighted by Crippen LogP contribution is -2.22. The minimum atomic E-state index is -0.419. The summed E-state index contributed by atoms with van der Waals surface area (Å²) >= 11 is 3.44. The molecule has 1 N–H and O–H groups in total. The molecule has 0 fully saturated rings. The molecule has 0 aliphatic heterocycles. The first-order chi connectivity index (χ1) is 18.9. The molecule has 0 saturated carbocycles. The quantitative estimate of drug-likeness (QED) is 0.212. The molecule has 2 heterocycles. The Morgan fingerprint density at radius 2 is 1.92 bits per heavy atom. The number of rotatable bonds is 8. The van der Waals surface area contributed by atoms with Crippen molar-refractivity contribution in [2.75, 3.05) is 5.32 Å². The number of carbonyl (C=O) groups is 1. The van der Waals surface area contributed by atoms with E-state index in [1.807, 2.05) is 47.9 Å². The normalized spacial score (nSPS) is 11.6. The van der Waals surface area contributed by atoms with Gasteiger partial charge in [0.2, 0.25) is 5.91 Å². The Labute approximate surface area is 233 Å². The maximum atomic E-state index is 13.6. The second kappa shape index (κ2) is 11.3. The number of hydrogen-bond acceptors (Lipinski definition) is 4. The number of amides is 1. The first kappa shape index (κ1) is 26.5. The highest BCUT2D eigenvalue weighted by molar-refractivity contribution is 9.10. The van der Waals surface area contributed by atoms with Crippen LogP contribution in [0.1, 0.15) is 36.8 Å². The number of halogens is 2. The van der Waals surface area contributed by atoms with Gasteiger partial charge in [-0.2, -0.15) is 9.78 Å². The van der Waals surface area contributed by atoms with E-state index in [0.29, 0.717) is 28.8 Å². The number of nitrogens with one attached hydrogen (secondary N) is 1. The number of benzene rings is 3. The van der Waals surface area contributed by atoms with Crippen LogP contribution in [-0.4, -0.2) is 26.3 Å². The molecule has 0 unspecified atom stereocenters. The predicted octanol–water partition coefficient (Wildman–Crippen LogP) is 6.42. The predicted molar refractivity (Wildman–Crippen MR) is 157 cm³/mol. The number of anilines is 1. The largest absolute Gasteiger partial charge is 0.335 e. The molecule has 9 heteroatoms. The summed E-state index contributed by atoms with van der Waals surface area (Å²) in [7, 11) is 0. The third-order valence-electron chi connectivity index (χ3n) is 6.62. The molecule has 0 aliphatic carbocycles. The summed E-state index contributed by atoms with van der Waals surface area (Å²) in [5.41, 5.74) is 3.26. The van der Waals surface area contributed by atoms with Crippen molar-refractivity contribution in [3.8, 4) is 0 Å². The van der Waals surface area contributed by atoms with Crippen molar-refractivity contribution < 1.29 is 9.18 Å². The third-order valence-corrected chi connectivity index (χ3v) is 7.11. The Morgan fingerprint density at radius 3 is 2.72 bits per heavy atom. The first-order valence-corrected chi connectivity index (χ1v) is 13.5. The summed E-state index contributed by atoms with van der Waals surface area (Å²) in [6.07, 6.45) is 4.13. The van der Waals surface area contributed by atoms with E-state index < -0.39 is 5.82 Å². The van der Waals surface area contributed by atoms with Gasteiger partial charge in [0.15, 0.2) is 0 Å². The van der Waals surface area contributed by atoms with Gasteiger partial charge < -0.3 is 9.88 Å². The number of carbonyl (C=O) groups excluding carboxylic acids is 1. The molecule has 39 heavy (non-hydrogen) atoms. The lowest BCUT2D eigenvalue weighted by Gasteiger charge is -2.10. The first-order valence-electron chi connectivity index (χ1n) is 12.7. The van der Waals surface area contributed by atoms with Gasteiger partial charge >= 0.3 is 0 Å². The van der Waals surface area contributed by atoms with Crippen LogP contribution in [0.15, 0.2) is 81.1 Å². The zero-order chi connectivity index (χ0) is 27.5. The fourth-order valence-corrected chi connectivity index (χ4v) is 5.02. The Morgan fingerprint density at radius 1 is 1.10 bits per heavy atom. The smallest absolute Gasteiger partial charge is 0.282 e. The van der Waals surface area contributed by atoms with Gasteiger partial charge in [-0.15, -0.1) is 0 Å². The maximum absolute atomic E-state index is 13.6. The minimum absolute atomic E-state index is 0.0317. The summed E-state index contributed by atoms with van der Waals surface area (Å²) in [5, 5.41) is 8.77. The van der Waals surface area contributed by atoms with Gasteiger partial charge in [-0.05, 0) is 55.8 Å². The van der Waals surface area contributed by atoms with E-state index in [1.54, 1.807) is 24.4 Å². The van der Waals surface area contributed by atoms with Crippen molar-refractivity contribution in [2.45, 2.75) is 39.7 Å². The van der Waals surface area contributed by atoms with Gasteiger partial charge in [-0.3, -0.25) is 9.59 Å². The molecule has 0 saturated heterocycles. The van der Waals surface area contributed by atoms with E-state index in [4.69, 9.17) is 4.98 Å². The zero-order valence-corrected chi connectivity index (χ0v) is 23.2. The number of nitrogens with zero attached hydrogens (tertiary/aromatic N) is 4. The molecule has 0 atom stereocenters. The Kier molecular flexibility index (Phi) is 7.70. The number of unbranched alkanes of at least 4 members (excludes halogenated alkanes) is 1. The summed E-state index contributed by atoms with van der Waals surface area (Å²) in [5.74, 6) is -0.0999. The van der Waals surface area contributed by atoms with Crippen molar-refractivity contribution in [1.29, 1.82) is 0 Å². The van der Waals surface area contributed by atoms with Gasteiger partial charge in [-0.1, -0.05) is 53.5 Å². The standard InChI is InChI=1S/C30H27BrFN5O2/c1-3-4-12-28-35-26-14-13-20(31)15-24(26)30(39)37(28)33-17-25-19(2)36(27-11-6-5-10-23(25)27)18-29(38)34-22-9-7-8-21(32)16-22/h5-11,13-17H,3-4,12,18H2,1-2H3,(H,34,38). The van der Waals surface area contributed by atoms with Crippen LogP contribution in [0.3, 0.4) is 0 Å². The van der Waals surface area contributed by atoms with Crippen molar-refractivity contribution in [2.24, 2.45) is 5.10 Å². The van der Waals surface area contributed by atoms with E-state index in [2.05, 4.69) is 33.3 Å². The molecule has 0 bridgehead atoms. The lowest BCUT2D eigenvalue weighted by molar-refractivity contribution is -0.116. The molecule has 0 spiro atoms. The average molecular weight is 588 g/mol. The molecule has 5 aromatic rings. The molecule has 0 aliphatic rings. The Hall–Kier alpha value is -4.11. The zero-order valence-electron chi connectivity index (χ0n) is 21.6. The summed E-state index contributed by atoms with van der Waals surface area (Å²) in [6, 6.07) is 19.0. The van der Waals surface area contributed by atoms with Crippen LogP contribution in [0.4, 0.5) is 10.1 Å². The Bertz CT molecular complexity index is 1790. The van der Waals surface area contributed by atoms with Crippen LogP contribution in [0, 0.1) is 12.7 Å². The van der Waals surface area contributed by atoms with E-state index in [9.17, 15) is 14.0 Å². The van der Waals surface area contributed by atoms with E-state index in [-0.39, 0.29) is 18.0 Å². The Balaban J connectivity index is 1.55. The maximum Gasteiger partial charge on any atom is 0.282 e. The molecule has 3 aromatic carbocycles. The third kappa shape index (κ3) is 5.54. The topological polar surface area (TPSA) is 81.3 Å². The van der Waals surface area contributed by atoms with Crippen molar-refractivity contribution in [1.82, 2.24) is 14.2 Å². The van der Waals surface area contributed by atoms with Crippen LogP contribution in [0.25, 0.3) is 21.8 Å². The van der Waals surface area contributed by atoms with E-state index >= 15 is 0 Å². The molecule has 0 radical (unpaired) electrons. The van der Waals surface area contributed by atoms with Gasteiger partial charge in [0.1, 0.15) is 18.2 Å². The van der Waals surface area contributed by atoms with Crippen LogP contribution in [0.5, 0.6) is 0 Å². The summed E-state index contributed by atoms with van der Waals surface area (Å²) < 4.78 is 17.6. The number of hydrogen-bond donors (Lipinski definition) is 1. The molecule has 198 valence electrons. The van der Waals surface area contributed by atoms with Gasteiger partial charge in [0, 0.05) is 38.7 Å². The molecular formula is C30H27BrFN5O2. The summed E-state index contributed by atoms with van der Waals surface area (Å²) in [4.78, 5) is 31.1. The second-order valence-electron chi connectivity index (χ2n) is 9.32. The molecule has 7 nitrogen and oxygen atoms in total. The highest BCUT2D eigenvalue weighted by atomic mass is 79.9. The van der Waals surface area contributed by atoms with Gasteiger partial charge in [-0.25, -0.2) is 9.37 Å². The number of aryl methyl sites for hydroxylation is 1. The van der Waals surface area contributed by atoms with E-state index in [0.717, 1.165) is 39.5 Å². The minimum Gasteiger partial charge on any atom is -0.335 e. The second-order valence-corrected chi connectivity index (χ2v) is 10.2.